The Balaban J connectivity index is 2.49. The van der Waals surface area contributed by atoms with Crippen LogP contribution in [-0.4, -0.2) is 35.0 Å². The van der Waals surface area contributed by atoms with Gasteiger partial charge in [0.15, 0.2) is 0 Å². The van der Waals surface area contributed by atoms with Crippen molar-refractivity contribution in [3.63, 3.8) is 0 Å². The molecule has 0 aromatic carbocycles. The molecule has 1 aliphatic rings. The maximum absolute atomic E-state index is 12.0. The van der Waals surface area contributed by atoms with Crippen LogP contribution in [0.3, 0.4) is 0 Å². The summed E-state index contributed by atoms with van der Waals surface area (Å²) < 4.78 is 0. The molecule has 3 atom stereocenters. The number of aliphatic carboxylic acids is 1. The number of carboxylic acids is 1. The number of likely N-dealkylation sites (tertiary alicyclic amines) is 1. The quantitative estimate of drug-likeness (QED) is 0.819. The first-order chi connectivity index (χ1) is 7.95. The third-order valence-electron chi connectivity index (χ3n) is 3.80. The molecule has 1 saturated heterocycles. The summed E-state index contributed by atoms with van der Waals surface area (Å²) in [5, 5.41) is 9.01. The fourth-order valence-corrected chi connectivity index (χ4v) is 2.31. The van der Waals surface area contributed by atoms with Gasteiger partial charge >= 0.3 is 5.97 Å². The van der Waals surface area contributed by atoms with E-state index in [0.29, 0.717) is 31.8 Å². The van der Waals surface area contributed by atoms with Crippen molar-refractivity contribution < 1.29 is 14.7 Å². The molecule has 98 valence electrons. The first-order valence-electron chi connectivity index (χ1n) is 6.46. The van der Waals surface area contributed by atoms with Crippen molar-refractivity contribution >= 4 is 11.9 Å². The number of piperidine rings is 1. The number of carbonyl (C=O) groups excluding carboxylic acids is 1. The number of amides is 1. The van der Waals surface area contributed by atoms with Crippen LogP contribution < -0.4 is 0 Å². The lowest BCUT2D eigenvalue weighted by molar-refractivity contribution is -0.148. The lowest BCUT2D eigenvalue weighted by Gasteiger charge is -2.35. The fraction of sp³-hybridized carbons (Fsp3) is 0.846. The number of hydrogen-bond donors (Lipinski definition) is 1. The van der Waals surface area contributed by atoms with E-state index >= 15 is 0 Å². The summed E-state index contributed by atoms with van der Waals surface area (Å²) in [4.78, 5) is 24.8. The van der Waals surface area contributed by atoms with E-state index in [1.54, 1.807) is 0 Å². The van der Waals surface area contributed by atoms with Crippen LogP contribution in [0.15, 0.2) is 0 Å². The van der Waals surface area contributed by atoms with Crippen LogP contribution in [-0.2, 0) is 9.59 Å². The molecule has 0 aromatic heterocycles. The predicted molar refractivity (Wildman–Crippen MR) is 65.6 cm³/mol. The molecule has 0 spiro atoms. The van der Waals surface area contributed by atoms with Crippen molar-refractivity contribution in [3.05, 3.63) is 0 Å². The molecule has 1 amide bonds. The van der Waals surface area contributed by atoms with Crippen LogP contribution in [0.5, 0.6) is 0 Å². The molecule has 17 heavy (non-hydrogen) atoms. The molecule has 0 saturated carbocycles. The van der Waals surface area contributed by atoms with E-state index in [0.717, 1.165) is 6.42 Å². The summed E-state index contributed by atoms with van der Waals surface area (Å²) in [6, 6.07) is 0. The van der Waals surface area contributed by atoms with E-state index in [-0.39, 0.29) is 17.7 Å². The zero-order chi connectivity index (χ0) is 13.0. The summed E-state index contributed by atoms with van der Waals surface area (Å²) >= 11 is 0. The fourth-order valence-electron chi connectivity index (χ4n) is 2.31. The average Bonchev–Trinajstić information content (AvgIpc) is 2.28. The minimum Gasteiger partial charge on any atom is -0.481 e. The van der Waals surface area contributed by atoms with Crippen molar-refractivity contribution in [2.24, 2.45) is 17.8 Å². The SMILES string of the molecule is CCC(C)CC(=O)N1CCC(C(=O)O)C(C)C1. The van der Waals surface area contributed by atoms with Gasteiger partial charge in [0.25, 0.3) is 0 Å². The van der Waals surface area contributed by atoms with Crippen LogP contribution in [0.2, 0.25) is 0 Å². The van der Waals surface area contributed by atoms with Gasteiger partial charge in [0.2, 0.25) is 5.91 Å². The Labute approximate surface area is 103 Å². The lowest BCUT2D eigenvalue weighted by Crippen LogP contribution is -2.45. The molecular formula is C13H23NO3. The standard InChI is InChI=1S/C13H23NO3/c1-4-9(2)7-12(15)14-6-5-11(13(16)17)10(3)8-14/h9-11H,4-8H2,1-3H3,(H,16,17). The highest BCUT2D eigenvalue weighted by atomic mass is 16.4. The zero-order valence-corrected chi connectivity index (χ0v) is 11.0. The molecule has 1 fully saturated rings. The average molecular weight is 241 g/mol. The number of nitrogens with zero attached hydrogens (tertiary/aromatic N) is 1. The Bertz CT molecular complexity index is 290. The third kappa shape index (κ3) is 3.72. The number of rotatable bonds is 4. The summed E-state index contributed by atoms with van der Waals surface area (Å²) in [6.07, 6.45) is 2.18. The van der Waals surface area contributed by atoms with Crippen LogP contribution in [0, 0.1) is 17.8 Å². The van der Waals surface area contributed by atoms with Gasteiger partial charge in [-0.25, -0.2) is 0 Å². The van der Waals surface area contributed by atoms with Crippen LogP contribution in [0.25, 0.3) is 0 Å². The Morgan fingerprint density at radius 3 is 2.59 bits per heavy atom. The second-order valence-electron chi connectivity index (χ2n) is 5.27. The molecule has 3 unspecified atom stereocenters. The van der Waals surface area contributed by atoms with Gasteiger partial charge in [-0.05, 0) is 18.3 Å². The molecule has 1 N–H and O–H groups in total. The lowest BCUT2D eigenvalue weighted by atomic mass is 9.86. The molecule has 1 heterocycles. The number of carboxylic acid groups (broad SMARTS) is 1. The van der Waals surface area contributed by atoms with Crippen LogP contribution in [0.4, 0.5) is 0 Å². The molecule has 0 radical (unpaired) electrons. The third-order valence-corrected chi connectivity index (χ3v) is 3.80. The molecule has 0 aromatic rings. The highest BCUT2D eigenvalue weighted by Crippen LogP contribution is 2.24. The summed E-state index contributed by atoms with van der Waals surface area (Å²) in [7, 11) is 0. The van der Waals surface area contributed by atoms with Gasteiger partial charge in [0.1, 0.15) is 0 Å². The highest BCUT2D eigenvalue weighted by Gasteiger charge is 2.32. The molecule has 1 aliphatic heterocycles. The number of hydrogen-bond acceptors (Lipinski definition) is 2. The largest absolute Gasteiger partial charge is 0.481 e. The number of carbonyl (C=O) groups is 2. The predicted octanol–water partition coefficient (Wildman–Crippen LogP) is 1.99. The topological polar surface area (TPSA) is 57.6 Å². The summed E-state index contributed by atoms with van der Waals surface area (Å²) in [5.74, 6) is -0.374. The Morgan fingerprint density at radius 2 is 2.12 bits per heavy atom. The second kappa shape index (κ2) is 6.03. The van der Waals surface area contributed by atoms with Gasteiger partial charge in [-0.15, -0.1) is 0 Å². The molecule has 4 nitrogen and oxygen atoms in total. The van der Waals surface area contributed by atoms with E-state index in [1.165, 1.54) is 0 Å². The molecular weight excluding hydrogens is 218 g/mol. The van der Waals surface area contributed by atoms with E-state index in [4.69, 9.17) is 5.11 Å². The minimum atomic E-state index is -0.730. The van der Waals surface area contributed by atoms with Crippen molar-refractivity contribution in [2.45, 2.75) is 40.0 Å². The van der Waals surface area contributed by atoms with Crippen LogP contribution in [0.1, 0.15) is 40.0 Å². The normalized spacial score (nSPS) is 26.6. The van der Waals surface area contributed by atoms with Crippen molar-refractivity contribution in [1.29, 1.82) is 0 Å². The molecule has 0 aliphatic carbocycles. The second-order valence-corrected chi connectivity index (χ2v) is 5.27. The summed E-state index contributed by atoms with van der Waals surface area (Å²) in [5.41, 5.74) is 0. The molecule has 4 heteroatoms. The van der Waals surface area contributed by atoms with Gasteiger partial charge in [-0.1, -0.05) is 27.2 Å². The first-order valence-corrected chi connectivity index (χ1v) is 6.46. The maximum atomic E-state index is 12.0. The van der Waals surface area contributed by atoms with E-state index in [9.17, 15) is 9.59 Å². The van der Waals surface area contributed by atoms with Gasteiger partial charge < -0.3 is 10.0 Å². The smallest absolute Gasteiger partial charge is 0.306 e. The first kappa shape index (κ1) is 14.0. The Morgan fingerprint density at radius 1 is 1.47 bits per heavy atom. The van der Waals surface area contributed by atoms with Crippen molar-refractivity contribution in [3.8, 4) is 0 Å². The zero-order valence-electron chi connectivity index (χ0n) is 11.0. The minimum absolute atomic E-state index is 0.0575. The highest BCUT2D eigenvalue weighted by molar-refractivity contribution is 5.77. The van der Waals surface area contributed by atoms with Gasteiger partial charge in [0, 0.05) is 19.5 Å². The monoisotopic (exact) mass is 241 g/mol. The van der Waals surface area contributed by atoms with Crippen molar-refractivity contribution in [1.82, 2.24) is 4.90 Å². The van der Waals surface area contributed by atoms with E-state index < -0.39 is 5.97 Å². The van der Waals surface area contributed by atoms with Crippen LogP contribution >= 0.6 is 0 Å². The van der Waals surface area contributed by atoms with Crippen molar-refractivity contribution in [2.75, 3.05) is 13.1 Å². The molecule has 0 bridgehead atoms. The Kier molecular flexibility index (Phi) is 4.97. The maximum Gasteiger partial charge on any atom is 0.306 e. The van der Waals surface area contributed by atoms with E-state index in [1.807, 2.05) is 11.8 Å². The Hall–Kier alpha value is -1.06. The summed E-state index contributed by atoms with van der Waals surface area (Å²) in [6.45, 7) is 7.26. The van der Waals surface area contributed by atoms with Gasteiger partial charge in [-0.3, -0.25) is 9.59 Å². The molecule has 1 rings (SSSR count). The van der Waals surface area contributed by atoms with Gasteiger partial charge in [0.05, 0.1) is 5.92 Å². The van der Waals surface area contributed by atoms with E-state index in [2.05, 4.69) is 13.8 Å². The van der Waals surface area contributed by atoms with Gasteiger partial charge in [-0.2, -0.15) is 0 Å².